The van der Waals surface area contributed by atoms with Crippen LogP contribution in [0, 0.1) is 0 Å². The number of nitrogen functional groups attached to an aromatic ring is 1. The van der Waals surface area contributed by atoms with Gasteiger partial charge in [-0.1, -0.05) is 12.1 Å². The van der Waals surface area contributed by atoms with Crippen molar-refractivity contribution in [2.75, 3.05) is 19.9 Å². The Morgan fingerprint density at radius 1 is 1.10 bits per heavy atom. The fourth-order valence-electron chi connectivity index (χ4n) is 1.75. The Morgan fingerprint density at radius 2 is 1.80 bits per heavy atom. The van der Waals surface area contributed by atoms with Gasteiger partial charge in [-0.25, -0.2) is 0 Å². The van der Waals surface area contributed by atoms with Gasteiger partial charge in [0.05, 0.1) is 12.8 Å². The van der Waals surface area contributed by atoms with Gasteiger partial charge in [0.15, 0.2) is 17.2 Å². The molecule has 0 fully saturated rings. The number of nitrogens with two attached hydrogens (primary N) is 1. The van der Waals surface area contributed by atoms with E-state index in [9.17, 15) is 4.79 Å². The Bertz CT molecular complexity index is 626. The Balaban J connectivity index is 2.28. The fraction of sp³-hybridized carbons (Fsp3) is 0.133. The first-order valence-electron chi connectivity index (χ1n) is 6.08. The van der Waals surface area contributed by atoms with Crippen molar-refractivity contribution in [2.45, 2.75) is 0 Å². The molecule has 0 bridgehead atoms. The molecule has 5 heteroatoms. The predicted molar refractivity (Wildman–Crippen MR) is 77.3 cm³/mol. The van der Waals surface area contributed by atoms with Gasteiger partial charge in [0, 0.05) is 12.6 Å². The van der Waals surface area contributed by atoms with Gasteiger partial charge >= 0.3 is 0 Å². The molecule has 2 aromatic carbocycles. The van der Waals surface area contributed by atoms with Crippen LogP contribution in [-0.4, -0.2) is 20.1 Å². The van der Waals surface area contributed by atoms with Crippen LogP contribution in [0.2, 0.25) is 0 Å². The van der Waals surface area contributed by atoms with Crippen molar-refractivity contribution in [2.24, 2.45) is 0 Å². The Hall–Kier alpha value is -2.69. The molecule has 1 amide bonds. The van der Waals surface area contributed by atoms with Gasteiger partial charge < -0.3 is 20.5 Å². The second-order valence-electron chi connectivity index (χ2n) is 4.08. The minimum absolute atomic E-state index is 0.194. The second-order valence-corrected chi connectivity index (χ2v) is 4.08. The first-order valence-corrected chi connectivity index (χ1v) is 6.08. The standard InChI is InChI=1S/C15H16N2O3/c1-17-15(18)10-7-8-12(11(16)9-10)20-14-6-4-3-5-13(14)19-2/h3-9H,16H2,1-2H3,(H,17,18). The molecule has 0 atom stereocenters. The lowest BCUT2D eigenvalue weighted by atomic mass is 10.2. The van der Waals surface area contributed by atoms with Crippen molar-refractivity contribution in [3.63, 3.8) is 0 Å². The highest BCUT2D eigenvalue weighted by Gasteiger charge is 2.10. The summed E-state index contributed by atoms with van der Waals surface area (Å²) in [7, 11) is 3.14. The first kappa shape index (κ1) is 13.7. The van der Waals surface area contributed by atoms with Crippen molar-refractivity contribution in [1.29, 1.82) is 0 Å². The van der Waals surface area contributed by atoms with Gasteiger partial charge in [0.25, 0.3) is 5.91 Å². The summed E-state index contributed by atoms with van der Waals surface area (Å²) in [4.78, 5) is 11.5. The van der Waals surface area contributed by atoms with Gasteiger partial charge in [-0.15, -0.1) is 0 Å². The molecule has 0 saturated heterocycles. The number of amides is 1. The van der Waals surface area contributed by atoms with E-state index >= 15 is 0 Å². The zero-order valence-electron chi connectivity index (χ0n) is 11.3. The molecule has 0 spiro atoms. The highest BCUT2D eigenvalue weighted by molar-refractivity contribution is 5.95. The maximum atomic E-state index is 11.5. The summed E-state index contributed by atoms with van der Waals surface area (Å²) in [5, 5.41) is 2.54. The van der Waals surface area contributed by atoms with E-state index in [0.29, 0.717) is 28.5 Å². The number of hydrogen-bond acceptors (Lipinski definition) is 4. The Labute approximate surface area is 117 Å². The SMILES string of the molecule is CNC(=O)c1ccc(Oc2ccccc2OC)c(N)c1. The maximum Gasteiger partial charge on any atom is 0.251 e. The lowest BCUT2D eigenvalue weighted by Gasteiger charge is -2.12. The first-order chi connectivity index (χ1) is 9.65. The van der Waals surface area contributed by atoms with E-state index in [4.69, 9.17) is 15.2 Å². The van der Waals surface area contributed by atoms with E-state index < -0.39 is 0 Å². The van der Waals surface area contributed by atoms with Crippen LogP contribution in [0.3, 0.4) is 0 Å². The number of methoxy groups -OCH3 is 1. The monoisotopic (exact) mass is 272 g/mol. The molecule has 5 nitrogen and oxygen atoms in total. The van der Waals surface area contributed by atoms with E-state index in [1.54, 1.807) is 44.5 Å². The zero-order valence-corrected chi connectivity index (χ0v) is 11.3. The lowest BCUT2D eigenvalue weighted by Crippen LogP contribution is -2.17. The highest BCUT2D eigenvalue weighted by Crippen LogP contribution is 2.34. The van der Waals surface area contributed by atoms with E-state index in [1.807, 2.05) is 12.1 Å². The summed E-state index contributed by atoms with van der Waals surface area (Å²) in [6, 6.07) is 12.2. The van der Waals surface area contributed by atoms with Crippen LogP contribution in [0.5, 0.6) is 17.2 Å². The van der Waals surface area contributed by atoms with Crippen molar-refractivity contribution >= 4 is 11.6 Å². The van der Waals surface area contributed by atoms with Crippen molar-refractivity contribution in [3.05, 3.63) is 48.0 Å². The van der Waals surface area contributed by atoms with Crippen molar-refractivity contribution in [3.8, 4) is 17.2 Å². The second kappa shape index (κ2) is 5.97. The van der Waals surface area contributed by atoms with Gasteiger partial charge in [-0.05, 0) is 30.3 Å². The van der Waals surface area contributed by atoms with Gasteiger partial charge in [-0.3, -0.25) is 4.79 Å². The molecule has 0 aliphatic rings. The van der Waals surface area contributed by atoms with Crippen LogP contribution in [0.4, 0.5) is 5.69 Å². The lowest BCUT2D eigenvalue weighted by molar-refractivity contribution is 0.0963. The molecular formula is C15H16N2O3. The number of ether oxygens (including phenoxy) is 2. The normalized spacial score (nSPS) is 9.90. The number of carbonyl (C=O) groups excluding carboxylic acids is 1. The molecule has 0 heterocycles. The maximum absolute atomic E-state index is 11.5. The Kier molecular flexibility index (Phi) is 4.10. The third kappa shape index (κ3) is 2.83. The fourth-order valence-corrected chi connectivity index (χ4v) is 1.75. The van der Waals surface area contributed by atoms with E-state index in [-0.39, 0.29) is 5.91 Å². The van der Waals surface area contributed by atoms with Crippen LogP contribution in [0.25, 0.3) is 0 Å². The third-order valence-corrected chi connectivity index (χ3v) is 2.79. The molecule has 20 heavy (non-hydrogen) atoms. The van der Waals surface area contributed by atoms with Gasteiger partial charge in [-0.2, -0.15) is 0 Å². The van der Waals surface area contributed by atoms with Crippen molar-refractivity contribution in [1.82, 2.24) is 5.32 Å². The van der Waals surface area contributed by atoms with E-state index in [0.717, 1.165) is 0 Å². The molecule has 0 aromatic heterocycles. The summed E-state index contributed by atoms with van der Waals surface area (Å²) in [6.07, 6.45) is 0. The summed E-state index contributed by atoms with van der Waals surface area (Å²) in [5.41, 5.74) is 6.78. The minimum atomic E-state index is -0.194. The average molecular weight is 272 g/mol. The summed E-state index contributed by atoms with van der Waals surface area (Å²) in [5.74, 6) is 1.46. The number of hydrogen-bond donors (Lipinski definition) is 2. The average Bonchev–Trinajstić information content (AvgIpc) is 2.49. The highest BCUT2D eigenvalue weighted by atomic mass is 16.5. The van der Waals surface area contributed by atoms with Crippen LogP contribution in [-0.2, 0) is 0 Å². The molecule has 0 aliphatic heterocycles. The molecule has 0 aliphatic carbocycles. The topological polar surface area (TPSA) is 73.6 Å². The quantitative estimate of drug-likeness (QED) is 0.838. The molecule has 2 aromatic rings. The third-order valence-electron chi connectivity index (χ3n) is 2.79. The number of benzene rings is 2. The van der Waals surface area contributed by atoms with Crippen LogP contribution < -0.4 is 20.5 Å². The predicted octanol–water partition coefficient (Wildman–Crippen LogP) is 2.43. The molecule has 104 valence electrons. The molecule has 0 radical (unpaired) electrons. The zero-order chi connectivity index (χ0) is 14.5. The molecule has 3 N–H and O–H groups in total. The molecule has 0 saturated carbocycles. The minimum Gasteiger partial charge on any atom is -0.493 e. The number of para-hydroxylation sites is 2. The van der Waals surface area contributed by atoms with Crippen LogP contribution in [0.1, 0.15) is 10.4 Å². The Morgan fingerprint density at radius 3 is 2.40 bits per heavy atom. The summed E-state index contributed by atoms with van der Waals surface area (Å²) >= 11 is 0. The van der Waals surface area contributed by atoms with Gasteiger partial charge in [0.1, 0.15) is 0 Å². The number of carbonyl (C=O) groups is 1. The van der Waals surface area contributed by atoms with E-state index in [2.05, 4.69) is 5.32 Å². The number of rotatable bonds is 4. The van der Waals surface area contributed by atoms with Crippen LogP contribution >= 0.6 is 0 Å². The molecule has 2 rings (SSSR count). The summed E-state index contributed by atoms with van der Waals surface area (Å²) < 4.78 is 10.9. The number of nitrogens with one attached hydrogen (secondary N) is 1. The molecule has 0 unspecified atom stereocenters. The largest absolute Gasteiger partial charge is 0.493 e. The smallest absolute Gasteiger partial charge is 0.251 e. The summed E-state index contributed by atoms with van der Waals surface area (Å²) in [6.45, 7) is 0. The molecular weight excluding hydrogens is 256 g/mol. The van der Waals surface area contributed by atoms with Crippen LogP contribution in [0.15, 0.2) is 42.5 Å². The van der Waals surface area contributed by atoms with Crippen molar-refractivity contribution < 1.29 is 14.3 Å². The number of anilines is 1. The van der Waals surface area contributed by atoms with Gasteiger partial charge in [0.2, 0.25) is 0 Å². The van der Waals surface area contributed by atoms with E-state index in [1.165, 1.54) is 0 Å².